The van der Waals surface area contributed by atoms with E-state index in [1.807, 2.05) is 18.2 Å². The van der Waals surface area contributed by atoms with Gasteiger partial charge in [-0.2, -0.15) is 0 Å². The number of carbonyl (C=O) groups is 1. The Labute approximate surface area is 109 Å². The number of aliphatic carboxylic acids is 1. The molecule has 0 unspecified atom stereocenters. The van der Waals surface area contributed by atoms with Crippen molar-refractivity contribution in [3.63, 3.8) is 0 Å². The average molecular weight is 249 g/mol. The standard InChI is InChI=1S/C15H23NO2/c1-2-3-12-16(13-8-7-11-15(17)18)14-9-5-4-6-10-14/h4-6,9-10H,2-3,7-8,11-13H2,1H3,(H,17,18). The van der Waals surface area contributed by atoms with E-state index in [1.54, 1.807) is 0 Å². The van der Waals surface area contributed by atoms with Crippen LogP contribution < -0.4 is 4.90 Å². The highest BCUT2D eigenvalue weighted by Crippen LogP contribution is 2.15. The van der Waals surface area contributed by atoms with Gasteiger partial charge in [0.25, 0.3) is 0 Å². The van der Waals surface area contributed by atoms with Crippen molar-refractivity contribution in [2.45, 2.75) is 39.0 Å². The minimum atomic E-state index is -0.699. The highest BCUT2D eigenvalue weighted by Gasteiger charge is 2.05. The summed E-state index contributed by atoms with van der Waals surface area (Å²) in [6, 6.07) is 10.3. The molecule has 0 bridgehead atoms. The van der Waals surface area contributed by atoms with Gasteiger partial charge in [-0.1, -0.05) is 31.5 Å². The highest BCUT2D eigenvalue weighted by molar-refractivity contribution is 5.66. The van der Waals surface area contributed by atoms with Gasteiger partial charge in [0.05, 0.1) is 0 Å². The van der Waals surface area contributed by atoms with Crippen LogP contribution >= 0.6 is 0 Å². The number of nitrogens with zero attached hydrogens (tertiary/aromatic N) is 1. The minimum absolute atomic E-state index is 0.274. The molecule has 0 aliphatic carbocycles. The lowest BCUT2D eigenvalue weighted by Crippen LogP contribution is -2.25. The number of carboxylic acids is 1. The molecule has 0 amide bonds. The minimum Gasteiger partial charge on any atom is -0.481 e. The Kier molecular flexibility index (Phi) is 6.92. The van der Waals surface area contributed by atoms with Gasteiger partial charge in [0.1, 0.15) is 0 Å². The van der Waals surface area contributed by atoms with Crippen molar-refractivity contribution >= 4 is 11.7 Å². The summed E-state index contributed by atoms with van der Waals surface area (Å²) in [5, 5.41) is 8.62. The maximum Gasteiger partial charge on any atom is 0.303 e. The van der Waals surface area contributed by atoms with Crippen LogP contribution in [0.3, 0.4) is 0 Å². The molecule has 0 saturated heterocycles. The first-order valence-electron chi connectivity index (χ1n) is 6.76. The molecule has 0 radical (unpaired) electrons. The van der Waals surface area contributed by atoms with Crippen LogP contribution in [0.1, 0.15) is 39.0 Å². The molecule has 0 atom stereocenters. The van der Waals surface area contributed by atoms with Crippen molar-refractivity contribution in [3.8, 4) is 0 Å². The van der Waals surface area contributed by atoms with E-state index >= 15 is 0 Å². The molecular formula is C15H23NO2. The molecule has 0 saturated carbocycles. The summed E-state index contributed by atoms with van der Waals surface area (Å²) < 4.78 is 0. The van der Waals surface area contributed by atoms with Crippen molar-refractivity contribution in [1.29, 1.82) is 0 Å². The summed E-state index contributed by atoms with van der Waals surface area (Å²) in [4.78, 5) is 12.8. The molecule has 0 aromatic heterocycles. The Morgan fingerprint density at radius 2 is 1.78 bits per heavy atom. The quantitative estimate of drug-likeness (QED) is 0.680. The molecule has 0 spiro atoms. The van der Waals surface area contributed by atoms with E-state index in [9.17, 15) is 4.79 Å². The van der Waals surface area contributed by atoms with Crippen LogP contribution in [0.2, 0.25) is 0 Å². The van der Waals surface area contributed by atoms with Crippen LogP contribution in [-0.2, 0) is 4.79 Å². The predicted molar refractivity (Wildman–Crippen MR) is 75.0 cm³/mol. The molecule has 0 aliphatic heterocycles. The molecule has 1 N–H and O–H groups in total. The van der Waals surface area contributed by atoms with Gasteiger partial charge in [0.15, 0.2) is 0 Å². The van der Waals surface area contributed by atoms with Gasteiger partial charge in [-0.3, -0.25) is 4.79 Å². The van der Waals surface area contributed by atoms with E-state index < -0.39 is 5.97 Å². The Morgan fingerprint density at radius 1 is 1.11 bits per heavy atom. The van der Waals surface area contributed by atoms with E-state index in [4.69, 9.17) is 5.11 Å². The smallest absolute Gasteiger partial charge is 0.303 e. The maximum atomic E-state index is 10.5. The second-order valence-electron chi connectivity index (χ2n) is 4.53. The lowest BCUT2D eigenvalue weighted by Gasteiger charge is -2.24. The topological polar surface area (TPSA) is 40.5 Å². The van der Waals surface area contributed by atoms with Crippen LogP contribution in [-0.4, -0.2) is 24.2 Å². The first-order valence-corrected chi connectivity index (χ1v) is 6.76. The van der Waals surface area contributed by atoms with Crippen molar-refractivity contribution in [2.24, 2.45) is 0 Å². The molecule has 0 fully saturated rings. The number of para-hydroxylation sites is 1. The number of hydrogen-bond donors (Lipinski definition) is 1. The predicted octanol–water partition coefficient (Wildman–Crippen LogP) is 3.55. The van der Waals surface area contributed by atoms with Gasteiger partial charge in [0, 0.05) is 25.2 Å². The summed E-state index contributed by atoms with van der Waals surface area (Å²) in [5.74, 6) is -0.699. The van der Waals surface area contributed by atoms with Crippen molar-refractivity contribution in [3.05, 3.63) is 30.3 Å². The zero-order chi connectivity index (χ0) is 13.2. The van der Waals surface area contributed by atoms with Crippen LogP contribution in [0.15, 0.2) is 30.3 Å². The van der Waals surface area contributed by atoms with Crippen LogP contribution in [0.4, 0.5) is 5.69 Å². The molecule has 1 aromatic rings. The molecule has 100 valence electrons. The van der Waals surface area contributed by atoms with E-state index in [0.717, 1.165) is 25.9 Å². The third-order valence-electron chi connectivity index (χ3n) is 2.97. The Hall–Kier alpha value is -1.51. The van der Waals surface area contributed by atoms with E-state index in [1.165, 1.54) is 18.5 Å². The van der Waals surface area contributed by atoms with Crippen LogP contribution in [0.5, 0.6) is 0 Å². The third kappa shape index (κ3) is 5.71. The number of unbranched alkanes of at least 4 members (excludes halogenated alkanes) is 2. The van der Waals surface area contributed by atoms with Gasteiger partial charge < -0.3 is 10.0 Å². The summed E-state index contributed by atoms with van der Waals surface area (Å²) in [5.41, 5.74) is 1.24. The monoisotopic (exact) mass is 249 g/mol. The van der Waals surface area contributed by atoms with Crippen molar-refractivity contribution in [1.82, 2.24) is 0 Å². The molecule has 3 nitrogen and oxygen atoms in total. The Bertz CT molecular complexity index is 338. The summed E-state index contributed by atoms with van der Waals surface area (Å²) in [7, 11) is 0. The Morgan fingerprint density at radius 3 is 2.39 bits per heavy atom. The van der Waals surface area contributed by atoms with E-state index in [-0.39, 0.29) is 6.42 Å². The summed E-state index contributed by atoms with van der Waals surface area (Å²) in [6.45, 7) is 4.18. The first kappa shape index (κ1) is 14.6. The largest absolute Gasteiger partial charge is 0.481 e. The van der Waals surface area contributed by atoms with Crippen molar-refractivity contribution in [2.75, 3.05) is 18.0 Å². The van der Waals surface area contributed by atoms with E-state index in [0.29, 0.717) is 0 Å². The molecule has 0 heterocycles. The highest BCUT2D eigenvalue weighted by atomic mass is 16.4. The van der Waals surface area contributed by atoms with Crippen LogP contribution in [0.25, 0.3) is 0 Å². The molecule has 0 aliphatic rings. The average Bonchev–Trinajstić information content (AvgIpc) is 2.38. The number of hydrogen-bond acceptors (Lipinski definition) is 2. The number of carboxylic acid groups (broad SMARTS) is 1. The fraction of sp³-hybridized carbons (Fsp3) is 0.533. The lowest BCUT2D eigenvalue weighted by atomic mass is 10.2. The zero-order valence-electron chi connectivity index (χ0n) is 11.1. The summed E-state index contributed by atoms with van der Waals surface area (Å²) in [6.07, 6.45) is 4.32. The van der Waals surface area contributed by atoms with E-state index in [2.05, 4.69) is 24.0 Å². The van der Waals surface area contributed by atoms with Crippen LogP contribution in [0, 0.1) is 0 Å². The number of anilines is 1. The molecular weight excluding hydrogens is 226 g/mol. The normalized spacial score (nSPS) is 10.3. The summed E-state index contributed by atoms with van der Waals surface area (Å²) >= 11 is 0. The number of rotatable bonds is 9. The SMILES string of the molecule is CCCCN(CCCCC(=O)O)c1ccccc1. The third-order valence-corrected chi connectivity index (χ3v) is 2.97. The lowest BCUT2D eigenvalue weighted by molar-refractivity contribution is -0.137. The van der Waals surface area contributed by atoms with Gasteiger partial charge in [-0.15, -0.1) is 0 Å². The molecule has 18 heavy (non-hydrogen) atoms. The fourth-order valence-corrected chi connectivity index (χ4v) is 1.94. The molecule has 3 heteroatoms. The Balaban J connectivity index is 2.43. The maximum absolute atomic E-state index is 10.5. The van der Waals surface area contributed by atoms with Crippen molar-refractivity contribution < 1.29 is 9.90 Å². The van der Waals surface area contributed by atoms with Gasteiger partial charge in [-0.25, -0.2) is 0 Å². The fourth-order valence-electron chi connectivity index (χ4n) is 1.94. The second kappa shape index (κ2) is 8.56. The zero-order valence-corrected chi connectivity index (χ0v) is 11.1. The number of benzene rings is 1. The second-order valence-corrected chi connectivity index (χ2v) is 4.53. The molecule has 1 rings (SSSR count). The molecule has 1 aromatic carbocycles. The van der Waals surface area contributed by atoms with Gasteiger partial charge in [-0.05, 0) is 31.4 Å². The van der Waals surface area contributed by atoms with Gasteiger partial charge in [0.2, 0.25) is 0 Å². The van der Waals surface area contributed by atoms with Gasteiger partial charge >= 0.3 is 5.97 Å². The first-order chi connectivity index (χ1) is 8.74.